The van der Waals surface area contributed by atoms with E-state index in [0.29, 0.717) is 11.6 Å². The number of aromatic nitrogens is 2. The maximum Gasteiger partial charge on any atom is 0.133 e. The molecular weight excluding hydrogens is 294 g/mol. The molecule has 0 N–H and O–H groups in total. The number of ether oxygens (including phenoxy) is 1. The number of hydrogen-bond donors (Lipinski definition) is 0. The molecule has 1 unspecified atom stereocenters. The summed E-state index contributed by atoms with van der Waals surface area (Å²) in [6, 6.07) is 7.89. The Kier molecular flexibility index (Phi) is 3.68. The summed E-state index contributed by atoms with van der Waals surface area (Å²) in [5, 5.41) is 9.41. The largest absolute Gasteiger partial charge is 0.496 e. The van der Waals surface area contributed by atoms with Crippen LogP contribution in [0.25, 0.3) is 0 Å². The minimum atomic E-state index is -0.447. The molecule has 18 heavy (non-hydrogen) atoms. The van der Waals surface area contributed by atoms with Gasteiger partial charge in [-0.2, -0.15) is 5.26 Å². The van der Waals surface area contributed by atoms with Gasteiger partial charge in [0.15, 0.2) is 0 Å². The second kappa shape index (κ2) is 5.23. The van der Waals surface area contributed by atoms with Crippen molar-refractivity contribution in [2.45, 2.75) is 5.92 Å². The van der Waals surface area contributed by atoms with E-state index in [9.17, 15) is 5.26 Å². The second-order valence-electron chi connectivity index (χ2n) is 3.84. The molecule has 0 aliphatic heterocycles. The Balaban J connectivity index is 2.55. The predicted molar refractivity (Wildman–Crippen MR) is 71.4 cm³/mol. The number of benzene rings is 1. The van der Waals surface area contributed by atoms with Crippen LogP contribution in [0.2, 0.25) is 0 Å². The summed E-state index contributed by atoms with van der Waals surface area (Å²) >= 11 is 3.41. The van der Waals surface area contributed by atoms with Crippen molar-refractivity contribution in [1.29, 1.82) is 5.26 Å². The van der Waals surface area contributed by atoms with Crippen molar-refractivity contribution in [3.63, 3.8) is 0 Å². The third-order valence-corrected chi connectivity index (χ3v) is 3.24. The second-order valence-corrected chi connectivity index (χ2v) is 4.76. The van der Waals surface area contributed by atoms with Gasteiger partial charge in [0.1, 0.15) is 17.5 Å². The molecule has 0 spiro atoms. The Labute approximate surface area is 114 Å². The molecule has 0 amide bonds. The van der Waals surface area contributed by atoms with Gasteiger partial charge in [-0.15, -0.1) is 0 Å². The van der Waals surface area contributed by atoms with Crippen LogP contribution in [0.1, 0.15) is 17.3 Å². The fourth-order valence-electron chi connectivity index (χ4n) is 1.85. The van der Waals surface area contributed by atoms with Gasteiger partial charge in [-0.05, 0) is 18.2 Å². The normalized spacial score (nSPS) is 11.9. The van der Waals surface area contributed by atoms with Crippen molar-refractivity contribution in [2.75, 3.05) is 7.11 Å². The van der Waals surface area contributed by atoms with Gasteiger partial charge in [0.25, 0.3) is 0 Å². The third-order valence-electron chi connectivity index (χ3n) is 2.75. The first-order valence-corrected chi connectivity index (χ1v) is 6.17. The molecule has 0 radical (unpaired) electrons. The van der Waals surface area contributed by atoms with Gasteiger partial charge in [0, 0.05) is 29.5 Å². The van der Waals surface area contributed by atoms with Crippen molar-refractivity contribution < 1.29 is 4.74 Å². The van der Waals surface area contributed by atoms with Crippen molar-refractivity contribution >= 4 is 15.9 Å². The van der Waals surface area contributed by atoms with E-state index in [2.05, 4.69) is 27.0 Å². The van der Waals surface area contributed by atoms with Crippen molar-refractivity contribution in [3.8, 4) is 11.8 Å². The van der Waals surface area contributed by atoms with Gasteiger partial charge in [-0.3, -0.25) is 0 Å². The van der Waals surface area contributed by atoms with Gasteiger partial charge in [-0.1, -0.05) is 15.9 Å². The molecule has 5 heteroatoms. The van der Waals surface area contributed by atoms with E-state index < -0.39 is 5.92 Å². The third kappa shape index (κ3) is 2.24. The lowest BCUT2D eigenvalue weighted by Crippen LogP contribution is -2.07. The number of methoxy groups -OCH3 is 1. The monoisotopic (exact) mass is 305 g/mol. The Hall–Kier alpha value is -1.80. The van der Waals surface area contributed by atoms with Crippen LogP contribution < -0.4 is 4.74 Å². The summed E-state index contributed by atoms with van der Waals surface area (Å²) in [5.41, 5.74) is 0.809. The molecule has 2 rings (SSSR count). The van der Waals surface area contributed by atoms with E-state index in [1.54, 1.807) is 13.3 Å². The minimum absolute atomic E-state index is 0.447. The first-order chi connectivity index (χ1) is 8.67. The summed E-state index contributed by atoms with van der Waals surface area (Å²) in [6.07, 6.45) is 3.51. The highest BCUT2D eigenvalue weighted by molar-refractivity contribution is 9.10. The van der Waals surface area contributed by atoms with E-state index >= 15 is 0 Å². The first-order valence-electron chi connectivity index (χ1n) is 5.37. The Morgan fingerprint density at radius 1 is 1.50 bits per heavy atom. The summed E-state index contributed by atoms with van der Waals surface area (Å²) < 4.78 is 8.06. The number of nitriles is 1. The smallest absolute Gasteiger partial charge is 0.133 e. The Bertz CT molecular complexity index is 601. The average Bonchev–Trinajstić information content (AvgIpc) is 2.77. The number of nitrogens with zero attached hydrogens (tertiary/aromatic N) is 3. The summed E-state index contributed by atoms with van der Waals surface area (Å²) in [4.78, 5) is 4.24. The van der Waals surface area contributed by atoms with E-state index in [0.717, 1.165) is 10.0 Å². The molecule has 0 bridgehead atoms. The molecule has 0 saturated heterocycles. The molecule has 0 saturated carbocycles. The van der Waals surface area contributed by atoms with Gasteiger partial charge in [-0.25, -0.2) is 4.98 Å². The van der Waals surface area contributed by atoms with Crippen LogP contribution in [0.3, 0.4) is 0 Å². The van der Waals surface area contributed by atoms with Gasteiger partial charge in [0.05, 0.1) is 13.2 Å². The Morgan fingerprint density at radius 2 is 2.28 bits per heavy atom. The zero-order valence-corrected chi connectivity index (χ0v) is 11.7. The van der Waals surface area contributed by atoms with Gasteiger partial charge >= 0.3 is 0 Å². The summed E-state index contributed by atoms with van der Waals surface area (Å²) in [7, 11) is 3.47. The van der Waals surface area contributed by atoms with Gasteiger partial charge in [0.2, 0.25) is 0 Å². The molecule has 0 fully saturated rings. The minimum Gasteiger partial charge on any atom is -0.496 e. The lowest BCUT2D eigenvalue weighted by molar-refractivity contribution is 0.409. The first kappa shape index (κ1) is 12.7. The molecule has 1 atom stereocenters. The van der Waals surface area contributed by atoms with Crippen LogP contribution in [-0.4, -0.2) is 16.7 Å². The predicted octanol–water partition coefficient (Wildman–Crippen LogP) is 2.85. The lowest BCUT2D eigenvalue weighted by Gasteiger charge is -2.14. The molecule has 4 nitrogen and oxygen atoms in total. The molecular formula is C13H12BrN3O. The van der Waals surface area contributed by atoms with Crippen LogP contribution in [0.5, 0.6) is 5.75 Å². The number of hydrogen-bond acceptors (Lipinski definition) is 3. The topological polar surface area (TPSA) is 50.8 Å². The number of aryl methyl sites for hydroxylation is 1. The number of rotatable bonds is 3. The van der Waals surface area contributed by atoms with E-state index in [4.69, 9.17) is 4.74 Å². The van der Waals surface area contributed by atoms with Crippen LogP contribution in [0.15, 0.2) is 35.1 Å². The summed E-state index contributed by atoms with van der Waals surface area (Å²) in [6.45, 7) is 0. The van der Waals surface area contributed by atoms with E-state index in [1.165, 1.54) is 0 Å². The van der Waals surface area contributed by atoms with Crippen molar-refractivity contribution in [1.82, 2.24) is 9.55 Å². The molecule has 0 aliphatic rings. The lowest BCUT2D eigenvalue weighted by atomic mass is 9.98. The summed E-state index contributed by atoms with van der Waals surface area (Å²) in [5.74, 6) is 0.944. The van der Waals surface area contributed by atoms with Crippen LogP contribution in [0, 0.1) is 11.3 Å². The molecule has 0 aliphatic carbocycles. The van der Waals surface area contributed by atoms with Crippen molar-refractivity contribution in [3.05, 3.63) is 46.5 Å². The van der Waals surface area contributed by atoms with Crippen LogP contribution in [-0.2, 0) is 7.05 Å². The zero-order valence-electron chi connectivity index (χ0n) is 10.1. The van der Waals surface area contributed by atoms with E-state index in [-0.39, 0.29) is 0 Å². The SMILES string of the molecule is COc1ccc(Br)cc1C(C#N)c1nccn1C. The molecule has 92 valence electrons. The number of imidazole rings is 1. The highest BCUT2D eigenvalue weighted by Gasteiger charge is 2.21. The molecule has 1 aromatic heterocycles. The fourth-order valence-corrected chi connectivity index (χ4v) is 2.23. The Morgan fingerprint density at radius 3 is 2.83 bits per heavy atom. The zero-order chi connectivity index (χ0) is 13.1. The molecule has 1 heterocycles. The van der Waals surface area contributed by atoms with Crippen LogP contribution >= 0.6 is 15.9 Å². The van der Waals surface area contributed by atoms with Crippen molar-refractivity contribution in [2.24, 2.45) is 7.05 Å². The highest BCUT2D eigenvalue weighted by Crippen LogP contribution is 2.32. The maximum atomic E-state index is 9.41. The fraction of sp³-hybridized carbons (Fsp3) is 0.231. The standard InChI is InChI=1S/C13H12BrN3O/c1-17-6-5-16-13(17)11(8-15)10-7-9(14)3-4-12(10)18-2/h3-7,11H,1-2H3. The number of halogens is 1. The highest BCUT2D eigenvalue weighted by atomic mass is 79.9. The van der Waals surface area contributed by atoms with E-state index in [1.807, 2.05) is 36.0 Å². The molecule has 2 aromatic rings. The molecule has 1 aromatic carbocycles. The van der Waals surface area contributed by atoms with Gasteiger partial charge < -0.3 is 9.30 Å². The quantitative estimate of drug-likeness (QED) is 0.876. The van der Waals surface area contributed by atoms with Crippen LogP contribution in [0.4, 0.5) is 0 Å². The average molecular weight is 306 g/mol. The maximum absolute atomic E-state index is 9.41.